The van der Waals surface area contributed by atoms with Crippen molar-refractivity contribution < 1.29 is 4.74 Å². The Balaban J connectivity index is 2.31. The van der Waals surface area contributed by atoms with E-state index in [4.69, 9.17) is 10.5 Å². The predicted octanol–water partition coefficient (Wildman–Crippen LogP) is 1.94. The van der Waals surface area contributed by atoms with E-state index in [0.29, 0.717) is 12.5 Å². The van der Waals surface area contributed by atoms with Crippen LogP contribution in [-0.4, -0.2) is 20.3 Å². The number of rotatable bonds is 5. The first-order chi connectivity index (χ1) is 7.33. The molecule has 2 N–H and O–H groups in total. The van der Waals surface area contributed by atoms with Crippen molar-refractivity contribution in [2.75, 3.05) is 20.3 Å². The van der Waals surface area contributed by atoms with Gasteiger partial charge in [-0.05, 0) is 24.3 Å². The van der Waals surface area contributed by atoms with Crippen molar-refractivity contribution in [2.24, 2.45) is 11.7 Å². The molecule has 1 unspecified atom stereocenters. The Morgan fingerprint density at radius 3 is 2.47 bits per heavy atom. The molecule has 82 valence electrons. The highest BCUT2D eigenvalue weighted by atomic mass is 16.5. The summed E-state index contributed by atoms with van der Waals surface area (Å²) in [6, 6.07) is 10.6. The van der Waals surface area contributed by atoms with Crippen LogP contribution in [0.4, 0.5) is 0 Å². The van der Waals surface area contributed by atoms with Gasteiger partial charge in [-0.3, -0.25) is 0 Å². The van der Waals surface area contributed by atoms with E-state index in [1.165, 1.54) is 18.4 Å². The molecular formula is C13H19NO. The third-order valence-electron chi connectivity index (χ3n) is 3.47. The summed E-state index contributed by atoms with van der Waals surface area (Å²) in [7, 11) is 1.76. The molecule has 0 saturated heterocycles. The molecule has 1 saturated carbocycles. The van der Waals surface area contributed by atoms with Crippen molar-refractivity contribution in [1.29, 1.82) is 0 Å². The van der Waals surface area contributed by atoms with Crippen LogP contribution < -0.4 is 5.73 Å². The maximum absolute atomic E-state index is 5.99. The maximum atomic E-state index is 5.99. The molecule has 1 aromatic rings. The minimum Gasteiger partial charge on any atom is -0.384 e. The van der Waals surface area contributed by atoms with Gasteiger partial charge in [0.15, 0.2) is 0 Å². The van der Waals surface area contributed by atoms with Crippen LogP contribution in [0.5, 0.6) is 0 Å². The Bertz CT molecular complexity index is 308. The summed E-state index contributed by atoms with van der Waals surface area (Å²) in [5.41, 5.74) is 7.37. The van der Waals surface area contributed by atoms with E-state index in [1.54, 1.807) is 7.11 Å². The third-order valence-corrected chi connectivity index (χ3v) is 3.47. The number of methoxy groups -OCH3 is 1. The summed E-state index contributed by atoms with van der Waals surface area (Å²) >= 11 is 0. The van der Waals surface area contributed by atoms with Gasteiger partial charge in [0.05, 0.1) is 6.61 Å². The molecule has 1 aromatic carbocycles. The van der Waals surface area contributed by atoms with Gasteiger partial charge in [0.1, 0.15) is 0 Å². The van der Waals surface area contributed by atoms with Crippen molar-refractivity contribution in [3.63, 3.8) is 0 Å². The average Bonchev–Trinajstić information content (AvgIpc) is 3.11. The van der Waals surface area contributed by atoms with E-state index >= 15 is 0 Å². The molecule has 1 aliphatic rings. The Kier molecular flexibility index (Phi) is 3.08. The molecule has 0 aromatic heterocycles. The molecule has 2 heteroatoms. The van der Waals surface area contributed by atoms with E-state index < -0.39 is 0 Å². The normalized spacial score (nSPS) is 19.9. The Hall–Kier alpha value is -0.860. The van der Waals surface area contributed by atoms with Crippen LogP contribution in [-0.2, 0) is 10.2 Å². The van der Waals surface area contributed by atoms with Crippen LogP contribution in [0.25, 0.3) is 0 Å². The van der Waals surface area contributed by atoms with Gasteiger partial charge in [-0.2, -0.15) is 0 Å². The number of ether oxygens (including phenoxy) is 1. The van der Waals surface area contributed by atoms with Crippen LogP contribution in [0.15, 0.2) is 30.3 Å². The fourth-order valence-electron chi connectivity index (χ4n) is 2.44. The first-order valence-electron chi connectivity index (χ1n) is 5.58. The minimum absolute atomic E-state index is 0.0516. The number of nitrogens with two attached hydrogens (primary N) is 1. The largest absolute Gasteiger partial charge is 0.384 e. The summed E-state index contributed by atoms with van der Waals surface area (Å²) in [6.07, 6.45) is 2.57. The fourth-order valence-corrected chi connectivity index (χ4v) is 2.44. The quantitative estimate of drug-likeness (QED) is 0.797. The van der Waals surface area contributed by atoms with Gasteiger partial charge < -0.3 is 10.5 Å². The molecule has 1 fully saturated rings. The van der Waals surface area contributed by atoms with Crippen LogP contribution >= 0.6 is 0 Å². The van der Waals surface area contributed by atoms with Gasteiger partial charge in [0.2, 0.25) is 0 Å². The van der Waals surface area contributed by atoms with E-state index in [1.807, 2.05) is 6.07 Å². The Morgan fingerprint density at radius 1 is 1.33 bits per heavy atom. The summed E-state index contributed by atoms with van der Waals surface area (Å²) in [5, 5.41) is 0. The number of hydrogen-bond donors (Lipinski definition) is 1. The van der Waals surface area contributed by atoms with Crippen LogP contribution in [0.3, 0.4) is 0 Å². The topological polar surface area (TPSA) is 35.2 Å². The van der Waals surface area contributed by atoms with Gasteiger partial charge in [0, 0.05) is 19.1 Å². The smallest absolute Gasteiger partial charge is 0.0574 e. The monoisotopic (exact) mass is 205 g/mol. The minimum atomic E-state index is 0.0516. The van der Waals surface area contributed by atoms with E-state index in [2.05, 4.69) is 24.3 Å². The van der Waals surface area contributed by atoms with Crippen molar-refractivity contribution in [2.45, 2.75) is 18.3 Å². The van der Waals surface area contributed by atoms with E-state index in [-0.39, 0.29) is 5.41 Å². The van der Waals surface area contributed by atoms with Crippen molar-refractivity contribution >= 4 is 0 Å². The second-order valence-corrected chi connectivity index (χ2v) is 4.43. The van der Waals surface area contributed by atoms with Gasteiger partial charge in [-0.1, -0.05) is 30.3 Å². The fraction of sp³-hybridized carbons (Fsp3) is 0.538. The van der Waals surface area contributed by atoms with Crippen molar-refractivity contribution in [3.8, 4) is 0 Å². The molecular weight excluding hydrogens is 186 g/mol. The molecule has 0 amide bonds. The number of benzene rings is 1. The van der Waals surface area contributed by atoms with E-state index in [0.717, 1.165) is 6.61 Å². The van der Waals surface area contributed by atoms with Crippen molar-refractivity contribution in [3.05, 3.63) is 35.9 Å². The highest BCUT2D eigenvalue weighted by molar-refractivity contribution is 5.29. The molecule has 1 atom stereocenters. The van der Waals surface area contributed by atoms with Crippen LogP contribution in [0.1, 0.15) is 18.4 Å². The molecule has 2 rings (SSSR count). The third kappa shape index (κ3) is 1.92. The summed E-state index contributed by atoms with van der Waals surface area (Å²) in [5.74, 6) is 0.713. The molecule has 0 radical (unpaired) electrons. The zero-order valence-corrected chi connectivity index (χ0v) is 9.28. The predicted molar refractivity (Wildman–Crippen MR) is 61.8 cm³/mol. The molecule has 2 nitrogen and oxygen atoms in total. The zero-order chi connectivity index (χ0) is 10.7. The zero-order valence-electron chi connectivity index (χ0n) is 9.28. The lowest BCUT2D eigenvalue weighted by Gasteiger charge is -2.32. The highest BCUT2D eigenvalue weighted by Crippen LogP contribution is 2.47. The molecule has 0 aliphatic heterocycles. The lowest BCUT2D eigenvalue weighted by molar-refractivity contribution is 0.120. The Labute approximate surface area is 91.4 Å². The van der Waals surface area contributed by atoms with E-state index in [9.17, 15) is 0 Å². The van der Waals surface area contributed by atoms with Gasteiger partial charge in [-0.15, -0.1) is 0 Å². The van der Waals surface area contributed by atoms with Gasteiger partial charge >= 0.3 is 0 Å². The molecule has 0 heterocycles. The standard InChI is InChI=1S/C13H19NO/c1-15-10-13(9-14,12-7-8-12)11-5-3-2-4-6-11/h2-6,12H,7-10,14H2,1H3. The lowest BCUT2D eigenvalue weighted by atomic mass is 9.76. The summed E-state index contributed by atoms with van der Waals surface area (Å²) in [4.78, 5) is 0. The summed E-state index contributed by atoms with van der Waals surface area (Å²) in [6.45, 7) is 1.41. The molecule has 0 spiro atoms. The maximum Gasteiger partial charge on any atom is 0.0574 e. The molecule has 1 aliphatic carbocycles. The average molecular weight is 205 g/mol. The SMILES string of the molecule is COCC(CN)(c1ccccc1)C1CC1. The van der Waals surface area contributed by atoms with Crippen molar-refractivity contribution in [1.82, 2.24) is 0 Å². The van der Waals surface area contributed by atoms with Gasteiger partial charge in [-0.25, -0.2) is 0 Å². The first kappa shape index (κ1) is 10.7. The van der Waals surface area contributed by atoms with Crippen LogP contribution in [0, 0.1) is 5.92 Å². The number of hydrogen-bond acceptors (Lipinski definition) is 2. The molecule has 0 bridgehead atoms. The lowest BCUT2D eigenvalue weighted by Crippen LogP contribution is -2.41. The highest BCUT2D eigenvalue weighted by Gasteiger charge is 2.45. The summed E-state index contributed by atoms with van der Waals surface area (Å²) < 4.78 is 5.37. The Morgan fingerprint density at radius 2 is 2.00 bits per heavy atom. The molecule has 15 heavy (non-hydrogen) atoms. The second-order valence-electron chi connectivity index (χ2n) is 4.43. The first-order valence-corrected chi connectivity index (χ1v) is 5.58. The van der Waals surface area contributed by atoms with Gasteiger partial charge in [0.25, 0.3) is 0 Å². The second kappa shape index (κ2) is 4.33. The van der Waals surface area contributed by atoms with Crippen LogP contribution in [0.2, 0.25) is 0 Å².